The van der Waals surface area contributed by atoms with Crippen molar-refractivity contribution >= 4 is 29.1 Å². The predicted molar refractivity (Wildman–Crippen MR) is 177 cm³/mol. The van der Waals surface area contributed by atoms with E-state index in [1.165, 1.54) is 0 Å². The Hall–Kier alpha value is -4.50. The lowest BCUT2D eigenvalue weighted by atomic mass is 10.0. The summed E-state index contributed by atoms with van der Waals surface area (Å²) in [6.45, 7) is 7.71. The van der Waals surface area contributed by atoms with Gasteiger partial charge in [-0.3, -0.25) is 9.59 Å². The van der Waals surface area contributed by atoms with Gasteiger partial charge in [0.05, 0.1) is 17.0 Å². The number of hydrogen-bond acceptors (Lipinski definition) is 6. The van der Waals surface area contributed by atoms with Crippen molar-refractivity contribution in [2.24, 2.45) is 7.05 Å². The van der Waals surface area contributed by atoms with Gasteiger partial charge < -0.3 is 25.0 Å². The summed E-state index contributed by atoms with van der Waals surface area (Å²) in [6, 6.07) is 16.1. The van der Waals surface area contributed by atoms with Gasteiger partial charge in [0.15, 0.2) is 0 Å². The van der Waals surface area contributed by atoms with E-state index < -0.39 is 0 Å². The van der Waals surface area contributed by atoms with Gasteiger partial charge in [0.1, 0.15) is 0 Å². The molecule has 9 nitrogen and oxygen atoms in total. The number of carbonyl (C=O) groups is 2. The summed E-state index contributed by atoms with van der Waals surface area (Å²) in [6.07, 6.45) is 7.19. The molecule has 0 radical (unpaired) electrons. The lowest BCUT2D eigenvalue weighted by Gasteiger charge is -2.35. The second-order valence-corrected chi connectivity index (χ2v) is 11.7. The first kappa shape index (κ1) is 30.9. The summed E-state index contributed by atoms with van der Waals surface area (Å²) in [5.41, 5.74) is 7.66. The number of rotatable bonds is 9. The van der Waals surface area contributed by atoms with E-state index in [1.807, 2.05) is 66.0 Å². The van der Waals surface area contributed by atoms with Crippen LogP contribution in [-0.2, 0) is 19.9 Å². The maximum absolute atomic E-state index is 13.3. The Morgan fingerprint density at radius 1 is 0.977 bits per heavy atom. The number of piperidine rings is 1. The molecule has 1 aliphatic heterocycles. The van der Waals surface area contributed by atoms with Crippen molar-refractivity contribution in [3.8, 4) is 11.4 Å². The fraction of sp³-hybridized carbons (Fsp3) is 0.371. The largest absolute Gasteiger partial charge is 0.348 e. The van der Waals surface area contributed by atoms with Crippen LogP contribution < -0.4 is 10.6 Å². The number of aromatic nitrogens is 3. The topological polar surface area (TPSA) is 95.4 Å². The van der Waals surface area contributed by atoms with Gasteiger partial charge in [-0.2, -0.15) is 0 Å². The zero-order valence-corrected chi connectivity index (χ0v) is 26.6. The zero-order chi connectivity index (χ0) is 31.4. The fourth-order valence-corrected chi connectivity index (χ4v) is 5.92. The summed E-state index contributed by atoms with van der Waals surface area (Å²) in [4.78, 5) is 39.9. The molecule has 2 N–H and O–H groups in total. The molecule has 2 aromatic carbocycles. The number of hydrogen-bond donors (Lipinski definition) is 2. The van der Waals surface area contributed by atoms with Crippen molar-refractivity contribution in [3.05, 3.63) is 88.7 Å². The molecule has 0 atom stereocenters. The standard InChI is InChI=1S/C35H43N7O2/c1-7-24-10-9-11-25(8-2)32(24)39-33(43)27-21-31(41(6)22-27)30-14-17-36-35(38-30)37-29-13-12-26(20-23(29)3)34(44)42-18-15-28(16-19-42)40(4)5/h9-14,17,20-22,28H,7-8,15-16,18-19H2,1-6H3,(H,39,43)(H,36,37,38). The number of para-hydroxylation sites is 1. The minimum Gasteiger partial charge on any atom is -0.348 e. The molecule has 1 aliphatic rings. The highest BCUT2D eigenvalue weighted by Gasteiger charge is 2.25. The van der Waals surface area contributed by atoms with Crippen molar-refractivity contribution < 1.29 is 9.59 Å². The van der Waals surface area contributed by atoms with Crippen molar-refractivity contribution in [1.29, 1.82) is 0 Å². The molecule has 1 fully saturated rings. The molecule has 0 spiro atoms. The van der Waals surface area contributed by atoms with Crippen LogP contribution in [0.15, 0.2) is 60.9 Å². The van der Waals surface area contributed by atoms with Gasteiger partial charge in [-0.1, -0.05) is 32.0 Å². The lowest BCUT2D eigenvalue weighted by Crippen LogP contribution is -2.44. The molecule has 4 aromatic rings. The maximum Gasteiger partial charge on any atom is 0.257 e. The van der Waals surface area contributed by atoms with Gasteiger partial charge in [-0.15, -0.1) is 0 Å². The quantitative estimate of drug-likeness (QED) is 0.244. The van der Waals surface area contributed by atoms with Crippen LogP contribution in [0.3, 0.4) is 0 Å². The number of benzene rings is 2. The molecule has 44 heavy (non-hydrogen) atoms. The molecular weight excluding hydrogens is 550 g/mol. The van der Waals surface area contributed by atoms with E-state index in [0.29, 0.717) is 28.8 Å². The monoisotopic (exact) mass is 593 g/mol. The smallest absolute Gasteiger partial charge is 0.257 e. The second kappa shape index (κ2) is 13.4. The van der Waals surface area contributed by atoms with Crippen LogP contribution in [0.1, 0.15) is 64.1 Å². The molecule has 0 bridgehead atoms. The number of carbonyl (C=O) groups excluding carboxylic acids is 2. The van der Waals surface area contributed by atoms with E-state index in [0.717, 1.165) is 72.5 Å². The SMILES string of the molecule is CCc1cccc(CC)c1NC(=O)c1cc(-c2ccnc(Nc3ccc(C(=O)N4CCC(N(C)C)CC4)cc3C)n2)n(C)c1. The van der Waals surface area contributed by atoms with Crippen LogP contribution >= 0.6 is 0 Å². The zero-order valence-electron chi connectivity index (χ0n) is 26.6. The molecule has 2 aromatic heterocycles. The summed E-state index contributed by atoms with van der Waals surface area (Å²) >= 11 is 0. The van der Waals surface area contributed by atoms with E-state index in [-0.39, 0.29) is 11.8 Å². The molecule has 9 heteroatoms. The summed E-state index contributed by atoms with van der Waals surface area (Å²) in [5, 5.41) is 6.46. The third-order valence-electron chi connectivity index (χ3n) is 8.62. The molecule has 0 saturated carbocycles. The van der Waals surface area contributed by atoms with E-state index in [4.69, 9.17) is 4.98 Å². The summed E-state index contributed by atoms with van der Waals surface area (Å²) < 4.78 is 1.90. The summed E-state index contributed by atoms with van der Waals surface area (Å²) in [7, 11) is 6.10. The molecule has 5 rings (SSSR count). The predicted octanol–water partition coefficient (Wildman–Crippen LogP) is 6.08. The van der Waals surface area contributed by atoms with E-state index >= 15 is 0 Å². The Bertz CT molecular complexity index is 1630. The van der Waals surface area contributed by atoms with Gasteiger partial charge in [-0.25, -0.2) is 9.97 Å². The van der Waals surface area contributed by atoms with Crippen LogP contribution in [0.5, 0.6) is 0 Å². The Kier molecular flexibility index (Phi) is 9.44. The van der Waals surface area contributed by atoms with Crippen LogP contribution in [0.25, 0.3) is 11.4 Å². The van der Waals surface area contributed by atoms with Crippen molar-refractivity contribution in [2.45, 2.75) is 52.5 Å². The van der Waals surface area contributed by atoms with Gasteiger partial charge in [0, 0.05) is 55.5 Å². The van der Waals surface area contributed by atoms with Crippen LogP contribution in [0.4, 0.5) is 17.3 Å². The highest BCUT2D eigenvalue weighted by Crippen LogP contribution is 2.27. The first-order valence-corrected chi connectivity index (χ1v) is 15.4. The Labute approximate surface area is 260 Å². The van der Waals surface area contributed by atoms with E-state index in [9.17, 15) is 9.59 Å². The maximum atomic E-state index is 13.3. The Morgan fingerprint density at radius 3 is 2.32 bits per heavy atom. The summed E-state index contributed by atoms with van der Waals surface area (Å²) in [5.74, 6) is 0.358. The number of aryl methyl sites for hydroxylation is 4. The molecule has 230 valence electrons. The number of nitrogens with zero attached hydrogens (tertiary/aromatic N) is 5. The number of amides is 2. The van der Waals surface area contributed by atoms with E-state index in [1.54, 1.807) is 6.20 Å². The molecule has 0 aliphatic carbocycles. The third-order valence-corrected chi connectivity index (χ3v) is 8.62. The van der Waals surface area contributed by atoms with Crippen LogP contribution in [-0.4, -0.2) is 69.4 Å². The second-order valence-electron chi connectivity index (χ2n) is 11.7. The number of likely N-dealkylation sites (tertiary alicyclic amines) is 1. The van der Waals surface area contributed by atoms with Crippen molar-refractivity contribution in [1.82, 2.24) is 24.3 Å². The lowest BCUT2D eigenvalue weighted by molar-refractivity contribution is 0.0663. The van der Waals surface area contributed by atoms with Crippen LogP contribution in [0.2, 0.25) is 0 Å². The minimum absolute atomic E-state index is 0.0720. The van der Waals surface area contributed by atoms with E-state index in [2.05, 4.69) is 60.6 Å². The first-order chi connectivity index (χ1) is 21.2. The minimum atomic E-state index is -0.151. The molecule has 2 amide bonds. The average Bonchev–Trinajstić information content (AvgIpc) is 3.43. The highest BCUT2D eigenvalue weighted by atomic mass is 16.2. The van der Waals surface area contributed by atoms with Gasteiger partial charge in [0.2, 0.25) is 5.95 Å². The van der Waals surface area contributed by atoms with Gasteiger partial charge in [-0.05, 0) is 93.7 Å². The van der Waals surface area contributed by atoms with Crippen molar-refractivity contribution in [3.63, 3.8) is 0 Å². The highest BCUT2D eigenvalue weighted by molar-refractivity contribution is 6.05. The van der Waals surface area contributed by atoms with Crippen LogP contribution in [0, 0.1) is 6.92 Å². The Morgan fingerprint density at radius 2 is 1.68 bits per heavy atom. The normalized spacial score (nSPS) is 13.8. The van der Waals surface area contributed by atoms with Gasteiger partial charge in [0.25, 0.3) is 11.8 Å². The Balaban J connectivity index is 1.29. The number of anilines is 3. The average molecular weight is 594 g/mol. The first-order valence-electron chi connectivity index (χ1n) is 15.4. The molecular formula is C35H43N7O2. The molecule has 1 saturated heterocycles. The number of nitrogens with one attached hydrogen (secondary N) is 2. The molecule has 0 unspecified atom stereocenters. The van der Waals surface area contributed by atoms with Crippen molar-refractivity contribution in [2.75, 3.05) is 37.8 Å². The third kappa shape index (κ3) is 6.68. The molecule has 3 heterocycles. The van der Waals surface area contributed by atoms with Gasteiger partial charge >= 0.3 is 0 Å². The fourth-order valence-electron chi connectivity index (χ4n) is 5.92.